The SMILES string of the molecule is C=C(C)CCC[C@](C)(O)C1CCC2C3C[C@H](O)C4CC(O)CCC4(C)[C@H]3CCC21C. The number of fused-ring (bicyclic) bond motifs is 5. The molecule has 4 aliphatic rings. The molecule has 4 aliphatic carbocycles. The van der Waals surface area contributed by atoms with Gasteiger partial charge in [0.2, 0.25) is 0 Å². The molecule has 172 valence electrons. The highest BCUT2D eigenvalue weighted by molar-refractivity contribution is 5.13. The predicted octanol–water partition coefficient (Wildman–Crippen LogP) is 5.47. The molecule has 0 saturated heterocycles. The Balaban J connectivity index is 1.54. The molecule has 0 aromatic rings. The Morgan fingerprint density at radius 3 is 2.33 bits per heavy atom. The Hall–Kier alpha value is -0.380. The number of allylic oxidation sites excluding steroid dienone is 1. The van der Waals surface area contributed by atoms with Crippen molar-refractivity contribution in [2.24, 2.45) is 40.4 Å². The third-order valence-electron chi connectivity index (χ3n) is 10.7. The lowest BCUT2D eigenvalue weighted by atomic mass is 9.43. The van der Waals surface area contributed by atoms with Crippen LogP contribution < -0.4 is 0 Å². The fourth-order valence-corrected chi connectivity index (χ4v) is 9.22. The first-order valence-electron chi connectivity index (χ1n) is 12.7. The van der Waals surface area contributed by atoms with Crippen LogP contribution in [0.2, 0.25) is 0 Å². The van der Waals surface area contributed by atoms with E-state index in [-0.39, 0.29) is 29.0 Å². The number of hydrogen-bond acceptors (Lipinski definition) is 3. The van der Waals surface area contributed by atoms with Crippen molar-refractivity contribution in [1.82, 2.24) is 0 Å². The van der Waals surface area contributed by atoms with Gasteiger partial charge in [-0.3, -0.25) is 0 Å². The summed E-state index contributed by atoms with van der Waals surface area (Å²) in [6.07, 6.45) is 10.8. The first-order valence-corrected chi connectivity index (χ1v) is 12.7. The van der Waals surface area contributed by atoms with Crippen LogP contribution in [0.1, 0.15) is 98.3 Å². The van der Waals surface area contributed by atoms with Gasteiger partial charge in [0.1, 0.15) is 0 Å². The summed E-state index contributed by atoms with van der Waals surface area (Å²) < 4.78 is 0. The van der Waals surface area contributed by atoms with E-state index in [1.807, 2.05) is 0 Å². The van der Waals surface area contributed by atoms with Crippen LogP contribution in [0.4, 0.5) is 0 Å². The fourth-order valence-electron chi connectivity index (χ4n) is 9.22. The Kier molecular flexibility index (Phi) is 5.99. The van der Waals surface area contributed by atoms with E-state index in [9.17, 15) is 15.3 Å². The Morgan fingerprint density at radius 2 is 1.63 bits per heavy atom. The molecule has 0 radical (unpaired) electrons. The van der Waals surface area contributed by atoms with E-state index >= 15 is 0 Å². The van der Waals surface area contributed by atoms with Gasteiger partial charge in [-0.25, -0.2) is 0 Å². The van der Waals surface area contributed by atoms with Gasteiger partial charge in [0, 0.05) is 0 Å². The molecular weight excluding hydrogens is 372 g/mol. The van der Waals surface area contributed by atoms with Gasteiger partial charge in [-0.15, -0.1) is 6.58 Å². The molecule has 3 nitrogen and oxygen atoms in total. The minimum absolute atomic E-state index is 0.172. The van der Waals surface area contributed by atoms with Gasteiger partial charge in [0.25, 0.3) is 0 Å². The maximum absolute atomic E-state index is 11.5. The molecule has 0 amide bonds. The topological polar surface area (TPSA) is 60.7 Å². The van der Waals surface area contributed by atoms with E-state index in [2.05, 4.69) is 34.3 Å². The molecule has 3 heteroatoms. The molecule has 4 fully saturated rings. The lowest BCUT2D eigenvalue weighted by Crippen LogP contribution is -2.59. The average molecular weight is 419 g/mol. The standard InChI is InChI=1S/C27H46O3/c1-17(2)7-6-12-27(5,30)24-9-8-20-19-16-23(29)22-15-18(28)10-13-25(22,3)21(19)11-14-26(20,24)4/h18-24,28-30H,1,6-16H2,2-5H3/t18?,19?,20?,21-,22?,23-,24?,25?,26?,27-/m0/s1. The number of aliphatic hydroxyl groups excluding tert-OH is 2. The predicted molar refractivity (Wildman–Crippen MR) is 122 cm³/mol. The second-order valence-electron chi connectivity index (χ2n) is 12.6. The fraction of sp³-hybridized carbons (Fsp3) is 0.926. The summed E-state index contributed by atoms with van der Waals surface area (Å²) in [6, 6.07) is 0. The molecule has 7 unspecified atom stereocenters. The highest BCUT2D eigenvalue weighted by Gasteiger charge is 2.63. The minimum atomic E-state index is -0.611. The summed E-state index contributed by atoms with van der Waals surface area (Å²) in [5, 5.41) is 32.9. The quantitative estimate of drug-likeness (QED) is 0.519. The van der Waals surface area contributed by atoms with E-state index in [4.69, 9.17) is 0 Å². The molecule has 0 aromatic carbocycles. The normalized spacial score (nSPS) is 50.2. The van der Waals surface area contributed by atoms with Crippen LogP contribution in [0, 0.1) is 40.4 Å². The summed E-state index contributed by atoms with van der Waals surface area (Å²) in [4.78, 5) is 0. The largest absolute Gasteiger partial charge is 0.393 e. The maximum Gasteiger partial charge on any atom is 0.0653 e. The van der Waals surface area contributed by atoms with E-state index < -0.39 is 5.60 Å². The minimum Gasteiger partial charge on any atom is -0.393 e. The highest BCUT2D eigenvalue weighted by atomic mass is 16.3. The maximum atomic E-state index is 11.5. The molecule has 0 bridgehead atoms. The highest BCUT2D eigenvalue weighted by Crippen LogP contribution is 2.68. The number of aliphatic hydroxyl groups is 3. The molecule has 0 aliphatic heterocycles. The van der Waals surface area contributed by atoms with Crippen molar-refractivity contribution in [3.8, 4) is 0 Å². The third kappa shape index (κ3) is 3.61. The van der Waals surface area contributed by atoms with Crippen molar-refractivity contribution in [2.45, 2.75) is 116 Å². The van der Waals surface area contributed by atoms with E-state index in [0.29, 0.717) is 23.7 Å². The van der Waals surface area contributed by atoms with Crippen molar-refractivity contribution < 1.29 is 15.3 Å². The average Bonchev–Trinajstić information content (AvgIpc) is 3.01. The van der Waals surface area contributed by atoms with Crippen LogP contribution in [0.15, 0.2) is 12.2 Å². The zero-order valence-corrected chi connectivity index (χ0v) is 19.9. The van der Waals surface area contributed by atoms with Gasteiger partial charge in [0.05, 0.1) is 17.8 Å². The van der Waals surface area contributed by atoms with Gasteiger partial charge in [-0.2, -0.15) is 0 Å². The third-order valence-corrected chi connectivity index (χ3v) is 10.7. The molecule has 0 spiro atoms. The van der Waals surface area contributed by atoms with Crippen LogP contribution in [-0.2, 0) is 0 Å². The van der Waals surface area contributed by atoms with Crippen molar-refractivity contribution in [3.63, 3.8) is 0 Å². The van der Waals surface area contributed by atoms with Crippen molar-refractivity contribution in [3.05, 3.63) is 12.2 Å². The van der Waals surface area contributed by atoms with Crippen LogP contribution in [0.3, 0.4) is 0 Å². The zero-order chi connectivity index (χ0) is 21.9. The van der Waals surface area contributed by atoms with Crippen LogP contribution in [0.5, 0.6) is 0 Å². The molecule has 3 N–H and O–H groups in total. The molecule has 4 rings (SSSR count). The Morgan fingerprint density at radius 1 is 0.967 bits per heavy atom. The van der Waals surface area contributed by atoms with Gasteiger partial charge < -0.3 is 15.3 Å². The van der Waals surface area contributed by atoms with Crippen LogP contribution in [-0.4, -0.2) is 33.1 Å². The first kappa shape index (κ1) is 22.8. The summed E-state index contributed by atoms with van der Waals surface area (Å²) in [5.41, 5.74) is 0.953. The number of rotatable bonds is 5. The van der Waals surface area contributed by atoms with Gasteiger partial charge in [-0.1, -0.05) is 19.4 Å². The van der Waals surface area contributed by atoms with Crippen molar-refractivity contribution in [1.29, 1.82) is 0 Å². The summed E-state index contributed by atoms with van der Waals surface area (Å²) >= 11 is 0. The monoisotopic (exact) mass is 418 g/mol. The molecule has 10 atom stereocenters. The smallest absolute Gasteiger partial charge is 0.0653 e. The lowest BCUT2D eigenvalue weighted by molar-refractivity contribution is -0.179. The molecular formula is C27H46O3. The van der Waals surface area contributed by atoms with Crippen LogP contribution in [0.25, 0.3) is 0 Å². The van der Waals surface area contributed by atoms with E-state index in [0.717, 1.165) is 51.4 Å². The molecule has 30 heavy (non-hydrogen) atoms. The molecule has 0 aromatic heterocycles. The first-order chi connectivity index (χ1) is 14.0. The van der Waals surface area contributed by atoms with Gasteiger partial charge in [0.15, 0.2) is 0 Å². The number of hydrogen-bond donors (Lipinski definition) is 3. The van der Waals surface area contributed by atoms with Crippen LogP contribution >= 0.6 is 0 Å². The second kappa shape index (κ2) is 7.89. The summed E-state index contributed by atoms with van der Waals surface area (Å²) in [7, 11) is 0. The Labute approximate surface area is 184 Å². The summed E-state index contributed by atoms with van der Waals surface area (Å²) in [6.45, 7) is 13.1. The van der Waals surface area contributed by atoms with Gasteiger partial charge >= 0.3 is 0 Å². The van der Waals surface area contributed by atoms with Crippen molar-refractivity contribution >= 4 is 0 Å². The van der Waals surface area contributed by atoms with E-state index in [1.54, 1.807) is 0 Å². The van der Waals surface area contributed by atoms with Crippen molar-refractivity contribution in [2.75, 3.05) is 0 Å². The van der Waals surface area contributed by atoms with E-state index in [1.165, 1.54) is 24.8 Å². The molecule has 4 saturated carbocycles. The lowest BCUT2D eigenvalue weighted by Gasteiger charge is -2.62. The molecule has 0 heterocycles. The zero-order valence-electron chi connectivity index (χ0n) is 19.9. The van der Waals surface area contributed by atoms with Gasteiger partial charge in [-0.05, 0) is 125 Å². The summed E-state index contributed by atoms with van der Waals surface area (Å²) in [5.74, 6) is 2.48. The Bertz CT molecular complexity index is 656. The second-order valence-corrected chi connectivity index (χ2v) is 12.6.